The van der Waals surface area contributed by atoms with Crippen molar-refractivity contribution in [3.8, 4) is 0 Å². The Bertz CT molecular complexity index is 345. The fourth-order valence-corrected chi connectivity index (χ4v) is 2.37. The molecule has 3 heteroatoms. The van der Waals surface area contributed by atoms with Crippen LogP contribution in [0.3, 0.4) is 0 Å². The molecule has 0 aliphatic carbocycles. The van der Waals surface area contributed by atoms with Crippen LogP contribution in [0.1, 0.15) is 31.7 Å². The maximum absolute atomic E-state index is 4.33. The summed E-state index contributed by atoms with van der Waals surface area (Å²) in [5.74, 6) is 0.994. The molecule has 1 aliphatic rings. The SMILES string of the molecule is Cc1ccnc(NCC(C)N2CCCCC2)c1. The van der Waals surface area contributed by atoms with Gasteiger partial charge in [-0.3, -0.25) is 4.90 Å². The molecule has 1 aliphatic heterocycles. The Morgan fingerprint density at radius 1 is 1.35 bits per heavy atom. The van der Waals surface area contributed by atoms with Gasteiger partial charge in [0.25, 0.3) is 0 Å². The highest BCUT2D eigenvalue weighted by Gasteiger charge is 2.16. The maximum atomic E-state index is 4.33. The highest BCUT2D eigenvalue weighted by Crippen LogP contribution is 2.13. The van der Waals surface area contributed by atoms with Gasteiger partial charge >= 0.3 is 0 Å². The summed E-state index contributed by atoms with van der Waals surface area (Å²) >= 11 is 0. The lowest BCUT2D eigenvalue weighted by Gasteiger charge is -2.32. The molecule has 0 aromatic carbocycles. The Morgan fingerprint density at radius 3 is 2.82 bits per heavy atom. The van der Waals surface area contributed by atoms with Crippen molar-refractivity contribution in [3.05, 3.63) is 23.9 Å². The second-order valence-corrected chi connectivity index (χ2v) is 5.04. The molecule has 1 aromatic rings. The molecular formula is C14H23N3. The Balaban J connectivity index is 1.80. The number of nitrogens with one attached hydrogen (secondary N) is 1. The Kier molecular flexibility index (Phi) is 4.37. The molecule has 0 radical (unpaired) electrons. The number of hydrogen-bond acceptors (Lipinski definition) is 3. The first-order valence-electron chi connectivity index (χ1n) is 6.66. The van der Waals surface area contributed by atoms with Crippen molar-refractivity contribution < 1.29 is 0 Å². The lowest BCUT2D eigenvalue weighted by molar-refractivity contribution is 0.180. The molecule has 0 amide bonds. The van der Waals surface area contributed by atoms with Crippen molar-refractivity contribution in [2.75, 3.05) is 25.0 Å². The zero-order chi connectivity index (χ0) is 12.1. The normalized spacial score (nSPS) is 18.9. The smallest absolute Gasteiger partial charge is 0.126 e. The number of likely N-dealkylation sites (tertiary alicyclic amines) is 1. The number of aromatic nitrogens is 1. The molecule has 94 valence electrons. The molecule has 2 rings (SSSR count). The van der Waals surface area contributed by atoms with Crippen molar-refractivity contribution in [2.45, 2.75) is 39.2 Å². The van der Waals surface area contributed by atoms with E-state index in [1.807, 2.05) is 12.3 Å². The van der Waals surface area contributed by atoms with E-state index in [1.165, 1.54) is 37.9 Å². The van der Waals surface area contributed by atoms with Crippen molar-refractivity contribution in [3.63, 3.8) is 0 Å². The highest BCUT2D eigenvalue weighted by atomic mass is 15.2. The molecule has 17 heavy (non-hydrogen) atoms. The van der Waals surface area contributed by atoms with Crippen molar-refractivity contribution in [1.29, 1.82) is 0 Å². The van der Waals surface area contributed by atoms with Crippen LogP contribution in [0.15, 0.2) is 18.3 Å². The van der Waals surface area contributed by atoms with Crippen LogP contribution in [0.5, 0.6) is 0 Å². The van der Waals surface area contributed by atoms with E-state index in [4.69, 9.17) is 0 Å². The molecule has 1 aromatic heterocycles. The average Bonchev–Trinajstić information content (AvgIpc) is 2.37. The van der Waals surface area contributed by atoms with Gasteiger partial charge in [0.1, 0.15) is 5.82 Å². The Morgan fingerprint density at radius 2 is 2.12 bits per heavy atom. The van der Waals surface area contributed by atoms with E-state index in [1.54, 1.807) is 0 Å². The minimum Gasteiger partial charge on any atom is -0.369 e. The number of anilines is 1. The molecular weight excluding hydrogens is 210 g/mol. The van der Waals surface area contributed by atoms with Crippen molar-refractivity contribution >= 4 is 5.82 Å². The van der Waals surface area contributed by atoms with Gasteiger partial charge in [-0.15, -0.1) is 0 Å². The van der Waals surface area contributed by atoms with Gasteiger partial charge in [-0.2, -0.15) is 0 Å². The highest BCUT2D eigenvalue weighted by molar-refractivity contribution is 5.36. The fourth-order valence-electron chi connectivity index (χ4n) is 2.37. The molecule has 1 atom stereocenters. The summed E-state index contributed by atoms with van der Waals surface area (Å²) in [6.45, 7) is 7.89. The third-order valence-corrected chi connectivity index (χ3v) is 3.51. The van der Waals surface area contributed by atoms with Gasteiger partial charge in [0.2, 0.25) is 0 Å². The van der Waals surface area contributed by atoms with E-state index < -0.39 is 0 Å². The fraction of sp³-hybridized carbons (Fsp3) is 0.643. The first-order valence-corrected chi connectivity index (χ1v) is 6.66. The number of aryl methyl sites for hydroxylation is 1. The van der Waals surface area contributed by atoms with Crippen molar-refractivity contribution in [1.82, 2.24) is 9.88 Å². The quantitative estimate of drug-likeness (QED) is 0.866. The minimum atomic E-state index is 0.595. The Hall–Kier alpha value is -1.09. The number of piperidine rings is 1. The molecule has 2 heterocycles. The third-order valence-electron chi connectivity index (χ3n) is 3.51. The van der Waals surface area contributed by atoms with Gasteiger partial charge in [-0.25, -0.2) is 4.98 Å². The van der Waals surface area contributed by atoms with Gasteiger partial charge < -0.3 is 5.32 Å². The van der Waals surface area contributed by atoms with Crippen LogP contribution in [0.25, 0.3) is 0 Å². The van der Waals surface area contributed by atoms with Gasteiger partial charge in [-0.05, 0) is 57.5 Å². The van der Waals surface area contributed by atoms with Crippen LogP contribution in [-0.4, -0.2) is 35.6 Å². The summed E-state index contributed by atoms with van der Waals surface area (Å²) in [5, 5.41) is 3.43. The van der Waals surface area contributed by atoms with Crippen LogP contribution in [0.2, 0.25) is 0 Å². The lowest BCUT2D eigenvalue weighted by Crippen LogP contribution is -2.41. The summed E-state index contributed by atoms with van der Waals surface area (Å²) < 4.78 is 0. The van der Waals surface area contributed by atoms with Crippen molar-refractivity contribution in [2.24, 2.45) is 0 Å². The Labute approximate surface area is 104 Å². The van der Waals surface area contributed by atoms with Gasteiger partial charge in [0.15, 0.2) is 0 Å². The zero-order valence-corrected chi connectivity index (χ0v) is 10.9. The van der Waals surface area contributed by atoms with E-state index in [0.717, 1.165) is 12.4 Å². The summed E-state index contributed by atoms with van der Waals surface area (Å²) in [5.41, 5.74) is 1.26. The zero-order valence-electron chi connectivity index (χ0n) is 10.9. The second kappa shape index (κ2) is 6.01. The van der Waals surface area contributed by atoms with Crippen LogP contribution in [0, 0.1) is 6.92 Å². The first kappa shape index (κ1) is 12.4. The molecule has 0 bridgehead atoms. The van der Waals surface area contributed by atoms with Crippen LogP contribution in [0.4, 0.5) is 5.82 Å². The molecule has 0 saturated carbocycles. The van der Waals surface area contributed by atoms with Crippen LogP contribution < -0.4 is 5.32 Å². The molecule has 1 fully saturated rings. The predicted octanol–water partition coefficient (Wildman–Crippen LogP) is 2.68. The minimum absolute atomic E-state index is 0.595. The molecule has 1 saturated heterocycles. The average molecular weight is 233 g/mol. The van der Waals surface area contributed by atoms with E-state index in [0.29, 0.717) is 6.04 Å². The summed E-state index contributed by atoms with van der Waals surface area (Å²) in [6.07, 6.45) is 5.97. The summed E-state index contributed by atoms with van der Waals surface area (Å²) in [4.78, 5) is 6.90. The van der Waals surface area contributed by atoms with Gasteiger partial charge in [0, 0.05) is 18.8 Å². The van der Waals surface area contributed by atoms with Gasteiger partial charge in [0.05, 0.1) is 0 Å². The standard InChI is InChI=1S/C14H23N3/c1-12-6-7-15-14(10-12)16-11-13(2)17-8-4-3-5-9-17/h6-7,10,13H,3-5,8-9,11H2,1-2H3,(H,15,16). The third kappa shape index (κ3) is 3.70. The van der Waals surface area contributed by atoms with Gasteiger partial charge in [-0.1, -0.05) is 6.42 Å². The summed E-state index contributed by atoms with van der Waals surface area (Å²) in [7, 11) is 0. The molecule has 3 nitrogen and oxygen atoms in total. The van der Waals surface area contributed by atoms with E-state index in [2.05, 4.69) is 35.1 Å². The topological polar surface area (TPSA) is 28.2 Å². The molecule has 0 spiro atoms. The number of pyridine rings is 1. The number of rotatable bonds is 4. The molecule has 1 N–H and O–H groups in total. The largest absolute Gasteiger partial charge is 0.369 e. The second-order valence-electron chi connectivity index (χ2n) is 5.04. The first-order chi connectivity index (χ1) is 8.25. The van der Waals surface area contributed by atoms with E-state index in [9.17, 15) is 0 Å². The van der Waals surface area contributed by atoms with Crippen LogP contribution in [-0.2, 0) is 0 Å². The van der Waals surface area contributed by atoms with E-state index >= 15 is 0 Å². The maximum Gasteiger partial charge on any atom is 0.126 e. The predicted molar refractivity (Wildman–Crippen MR) is 72.3 cm³/mol. The molecule has 1 unspecified atom stereocenters. The monoisotopic (exact) mass is 233 g/mol. The number of nitrogens with zero attached hydrogens (tertiary/aromatic N) is 2. The number of hydrogen-bond donors (Lipinski definition) is 1. The lowest BCUT2D eigenvalue weighted by atomic mass is 10.1. The van der Waals surface area contributed by atoms with Crippen LogP contribution >= 0.6 is 0 Å². The van der Waals surface area contributed by atoms with E-state index in [-0.39, 0.29) is 0 Å². The summed E-state index contributed by atoms with van der Waals surface area (Å²) in [6, 6.07) is 4.72.